The molecule has 0 saturated carbocycles. The van der Waals surface area contributed by atoms with Gasteiger partial charge in [0, 0.05) is 23.2 Å². The highest BCUT2D eigenvalue weighted by Crippen LogP contribution is 2.31. The molecular formula is C23H23ClN4O2. The maximum absolute atomic E-state index is 12.6. The molecule has 2 aromatic heterocycles. The van der Waals surface area contributed by atoms with Gasteiger partial charge in [-0.25, -0.2) is 4.98 Å². The minimum atomic E-state index is -0.314. The summed E-state index contributed by atoms with van der Waals surface area (Å²) in [6.45, 7) is 3.15. The van der Waals surface area contributed by atoms with Crippen molar-refractivity contribution in [1.82, 2.24) is 15.3 Å². The minimum Gasteiger partial charge on any atom is -0.449 e. The second-order valence-electron chi connectivity index (χ2n) is 7.81. The molecule has 2 aromatic carbocycles. The minimum absolute atomic E-state index is 0.228. The molecule has 7 heteroatoms. The summed E-state index contributed by atoms with van der Waals surface area (Å²) in [6, 6.07) is 13.2. The lowest BCUT2D eigenvalue weighted by molar-refractivity contribution is 0.364. The van der Waals surface area contributed by atoms with Crippen molar-refractivity contribution < 1.29 is 4.42 Å². The molecule has 6 nitrogen and oxygen atoms in total. The van der Waals surface area contributed by atoms with Gasteiger partial charge in [0.15, 0.2) is 0 Å². The molecule has 154 valence electrons. The van der Waals surface area contributed by atoms with Crippen molar-refractivity contribution in [3.05, 3.63) is 57.8 Å². The molecule has 1 unspecified atom stereocenters. The van der Waals surface area contributed by atoms with Crippen molar-refractivity contribution in [2.24, 2.45) is 5.92 Å². The molecule has 0 spiro atoms. The summed E-state index contributed by atoms with van der Waals surface area (Å²) in [7, 11) is 0. The Labute approximate surface area is 178 Å². The van der Waals surface area contributed by atoms with E-state index in [2.05, 4.69) is 20.6 Å². The fraction of sp³-hybridized carbons (Fsp3) is 0.304. The van der Waals surface area contributed by atoms with E-state index < -0.39 is 0 Å². The Kier molecular flexibility index (Phi) is 5.19. The van der Waals surface area contributed by atoms with Crippen LogP contribution in [0, 0.1) is 5.92 Å². The monoisotopic (exact) mass is 422 g/mol. The molecule has 3 heterocycles. The van der Waals surface area contributed by atoms with Gasteiger partial charge in [0.2, 0.25) is 5.58 Å². The van der Waals surface area contributed by atoms with Gasteiger partial charge in [0.25, 0.3) is 5.56 Å². The van der Waals surface area contributed by atoms with Crippen LogP contribution >= 0.6 is 11.6 Å². The van der Waals surface area contributed by atoms with Crippen LogP contribution in [-0.2, 0) is 0 Å². The fourth-order valence-corrected chi connectivity index (χ4v) is 4.41. The lowest BCUT2D eigenvalue weighted by Gasteiger charge is -2.22. The number of rotatable bonds is 5. The Morgan fingerprint density at radius 1 is 1.23 bits per heavy atom. The summed E-state index contributed by atoms with van der Waals surface area (Å²) in [6.07, 6.45) is 3.68. The number of furan rings is 1. The largest absolute Gasteiger partial charge is 0.449 e. The zero-order valence-corrected chi connectivity index (χ0v) is 17.3. The number of anilines is 1. The zero-order valence-electron chi connectivity index (χ0n) is 16.5. The molecule has 4 aromatic rings. The van der Waals surface area contributed by atoms with Crippen molar-refractivity contribution >= 4 is 39.4 Å². The summed E-state index contributed by atoms with van der Waals surface area (Å²) in [5.74, 6) is 1.16. The van der Waals surface area contributed by atoms with Crippen LogP contribution < -0.4 is 16.2 Å². The number of halogens is 1. The highest BCUT2D eigenvalue weighted by atomic mass is 35.5. The lowest BCUT2D eigenvalue weighted by atomic mass is 9.96. The Morgan fingerprint density at radius 2 is 2.13 bits per heavy atom. The van der Waals surface area contributed by atoms with Gasteiger partial charge in [-0.3, -0.25) is 4.79 Å². The third-order valence-corrected chi connectivity index (χ3v) is 6.05. The zero-order chi connectivity index (χ0) is 20.5. The van der Waals surface area contributed by atoms with E-state index in [1.54, 1.807) is 0 Å². The Hall–Kier alpha value is -2.83. The van der Waals surface area contributed by atoms with E-state index in [0.29, 0.717) is 27.5 Å². The van der Waals surface area contributed by atoms with E-state index in [4.69, 9.17) is 16.0 Å². The van der Waals surface area contributed by atoms with E-state index in [1.165, 1.54) is 12.8 Å². The molecule has 0 radical (unpaired) electrons. The number of hydrogen-bond donors (Lipinski definition) is 3. The molecule has 0 aliphatic carbocycles. The quantitative estimate of drug-likeness (QED) is 0.430. The molecule has 0 bridgehead atoms. The lowest BCUT2D eigenvalue weighted by Crippen LogP contribution is -2.30. The van der Waals surface area contributed by atoms with E-state index in [1.807, 2.05) is 42.5 Å². The number of nitrogens with one attached hydrogen (secondary N) is 3. The van der Waals surface area contributed by atoms with Crippen LogP contribution in [0.5, 0.6) is 0 Å². The van der Waals surface area contributed by atoms with Crippen LogP contribution in [0.1, 0.15) is 19.3 Å². The van der Waals surface area contributed by atoms with Crippen molar-refractivity contribution in [2.45, 2.75) is 19.3 Å². The second-order valence-corrected chi connectivity index (χ2v) is 8.22. The predicted octanol–water partition coefficient (Wildman–Crippen LogP) is 4.79. The number of nitrogens with zero attached hydrogens (tertiary/aromatic N) is 1. The number of fused-ring (bicyclic) bond motifs is 3. The first-order chi connectivity index (χ1) is 14.7. The fourth-order valence-electron chi connectivity index (χ4n) is 4.14. The van der Waals surface area contributed by atoms with E-state index >= 15 is 0 Å². The first-order valence-electron chi connectivity index (χ1n) is 10.3. The summed E-state index contributed by atoms with van der Waals surface area (Å²) < 4.78 is 5.66. The smallest absolute Gasteiger partial charge is 0.294 e. The summed E-state index contributed by atoms with van der Waals surface area (Å²) in [4.78, 5) is 20.0. The normalized spacial score (nSPS) is 16.9. The molecule has 5 rings (SSSR count). The first kappa shape index (κ1) is 19.2. The van der Waals surface area contributed by atoms with Crippen molar-refractivity contribution in [3.8, 4) is 11.4 Å². The molecule has 0 amide bonds. The first-order valence-corrected chi connectivity index (χ1v) is 10.7. The molecule has 1 atom stereocenters. The highest BCUT2D eigenvalue weighted by Gasteiger charge is 2.16. The molecule has 3 N–H and O–H groups in total. The number of hydrogen-bond acceptors (Lipinski definition) is 5. The van der Waals surface area contributed by atoms with Crippen molar-refractivity contribution in [2.75, 3.05) is 25.0 Å². The van der Waals surface area contributed by atoms with E-state index in [9.17, 15) is 4.79 Å². The van der Waals surface area contributed by atoms with Gasteiger partial charge in [0.1, 0.15) is 16.9 Å². The molecule has 1 aliphatic heterocycles. The SMILES string of the molecule is O=c1[nH]c(-c2ccc(NCCC3CCCNC3)cc2Cl)nc2c1oc1ccccc12. The second kappa shape index (κ2) is 8.13. The van der Waals surface area contributed by atoms with Crippen molar-refractivity contribution in [3.63, 3.8) is 0 Å². The molecule has 1 fully saturated rings. The summed E-state index contributed by atoms with van der Waals surface area (Å²) in [5, 5.41) is 8.25. The van der Waals surface area contributed by atoms with Crippen LogP contribution in [0.4, 0.5) is 5.69 Å². The van der Waals surface area contributed by atoms with Gasteiger partial charge >= 0.3 is 0 Å². The average molecular weight is 423 g/mol. The van der Waals surface area contributed by atoms with Crippen LogP contribution in [-0.4, -0.2) is 29.6 Å². The van der Waals surface area contributed by atoms with Crippen molar-refractivity contribution in [1.29, 1.82) is 0 Å². The standard InChI is InChI=1S/C23H23ClN4O2/c24-18-12-15(26-11-9-14-4-3-10-25-13-14)7-8-16(18)22-27-20-17-5-1-2-6-19(17)30-21(20)23(29)28-22/h1-2,5-8,12,14,25-26H,3-4,9-11,13H2,(H,27,28,29). The van der Waals surface area contributed by atoms with Gasteiger partial charge in [0.05, 0.1) is 5.02 Å². The number of benzene rings is 2. The maximum Gasteiger partial charge on any atom is 0.294 e. The van der Waals surface area contributed by atoms with E-state index in [0.717, 1.165) is 43.0 Å². The van der Waals surface area contributed by atoms with Gasteiger partial charge in [-0.1, -0.05) is 23.7 Å². The van der Waals surface area contributed by atoms with Crippen LogP contribution in [0.3, 0.4) is 0 Å². The summed E-state index contributed by atoms with van der Waals surface area (Å²) in [5.41, 5.74) is 2.75. The Bertz CT molecular complexity index is 1260. The van der Waals surface area contributed by atoms with Gasteiger partial charge in [-0.15, -0.1) is 0 Å². The maximum atomic E-state index is 12.6. The summed E-state index contributed by atoms with van der Waals surface area (Å²) >= 11 is 6.55. The van der Waals surface area contributed by atoms with Gasteiger partial charge in [-0.05, 0) is 68.6 Å². The third kappa shape index (κ3) is 3.68. The Morgan fingerprint density at radius 3 is 2.97 bits per heavy atom. The Balaban J connectivity index is 1.39. The molecule has 30 heavy (non-hydrogen) atoms. The molecular weight excluding hydrogens is 400 g/mol. The van der Waals surface area contributed by atoms with Crippen LogP contribution in [0.2, 0.25) is 5.02 Å². The van der Waals surface area contributed by atoms with Crippen LogP contribution in [0.25, 0.3) is 33.5 Å². The number of aromatic nitrogens is 2. The number of para-hydroxylation sites is 1. The molecule has 1 aliphatic rings. The van der Waals surface area contributed by atoms with Crippen LogP contribution in [0.15, 0.2) is 51.7 Å². The number of aromatic amines is 1. The van der Waals surface area contributed by atoms with E-state index in [-0.39, 0.29) is 11.1 Å². The number of piperidine rings is 1. The van der Waals surface area contributed by atoms with Gasteiger partial charge < -0.3 is 20.0 Å². The van der Waals surface area contributed by atoms with Gasteiger partial charge in [-0.2, -0.15) is 0 Å². The predicted molar refractivity (Wildman–Crippen MR) is 121 cm³/mol. The number of H-pyrrole nitrogens is 1. The third-order valence-electron chi connectivity index (χ3n) is 5.74. The average Bonchev–Trinajstić information content (AvgIpc) is 3.14. The molecule has 1 saturated heterocycles. The highest BCUT2D eigenvalue weighted by molar-refractivity contribution is 6.33. The topological polar surface area (TPSA) is 83.0 Å².